The lowest BCUT2D eigenvalue weighted by atomic mass is 9.80. The number of imide groups is 2. The third-order valence-corrected chi connectivity index (χ3v) is 8.71. The topological polar surface area (TPSA) is 160 Å². The highest BCUT2D eigenvalue weighted by atomic mass is 16.2. The molecular weight excluding hydrogens is 546 g/mol. The van der Waals surface area contributed by atoms with Crippen LogP contribution < -0.4 is 16.4 Å². The first-order chi connectivity index (χ1) is 20.9. The van der Waals surface area contributed by atoms with Crippen LogP contribution in [0.2, 0.25) is 0 Å². The number of aromatic nitrogens is 2. The number of allylic oxidation sites excluding steroid dienone is 2. The molecule has 2 aliphatic carbocycles. The van der Waals surface area contributed by atoms with Gasteiger partial charge >= 0.3 is 0 Å². The Morgan fingerprint density at radius 1 is 1.02 bits per heavy atom. The number of hydrogen-bond donors (Lipinski definition) is 3. The summed E-state index contributed by atoms with van der Waals surface area (Å²) in [6, 6.07) is 12.0. The number of nitrogens with two attached hydrogens (primary N) is 1. The van der Waals surface area contributed by atoms with Crippen molar-refractivity contribution in [3.8, 4) is 0 Å². The van der Waals surface area contributed by atoms with E-state index in [4.69, 9.17) is 15.7 Å². The van der Waals surface area contributed by atoms with Crippen LogP contribution in [-0.2, 0) is 9.59 Å². The van der Waals surface area contributed by atoms with E-state index in [1.54, 1.807) is 24.4 Å². The number of aliphatic imine (C=N–C) groups is 1. The molecule has 4 amide bonds. The molecule has 2 saturated carbocycles. The first kappa shape index (κ1) is 26.9. The van der Waals surface area contributed by atoms with Crippen molar-refractivity contribution >= 4 is 52.1 Å². The molecule has 2 aromatic carbocycles. The molecule has 3 fully saturated rings. The Kier molecular flexibility index (Phi) is 6.72. The molecule has 4 N–H and O–H groups in total. The maximum Gasteiger partial charge on any atom is 0.262 e. The number of rotatable bonds is 8. The van der Waals surface area contributed by atoms with E-state index in [1.165, 1.54) is 0 Å². The van der Waals surface area contributed by atoms with E-state index in [0.717, 1.165) is 64.3 Å². The van der Waals surface area contributed by atoms with Crippen molar-refractivity contribution in [1.29, 1.82) is 0 Å². The SMILES string of the molecule is NC(=C(C=NC1CC(CNc2ccc3c(c2)C(=O)N(C2CCC(=O)NC2=O)C3=O)C1)c1cnc2ccccc2n1)C1CC1. The fourth-order valence-corrected chi connectivity index (χ4v) is 6.00. The van der Waals surface area contributed by atoms with E-state index in [1.807, 2.05) is 30.5 Å². The minimum Gasteiger partial charge on any atom is -0.401 e. The smallest absolute Gasteiger partial charge is 0.262 e. The van der Waals surface area contributed by atoms with Crippen LogP contribution in [0.1, 0.15) is 64.9 Å². The number of carbonyl (C=O) groups excluding carboxylic acids is 4. The molecule has 1 unspecified atom stereocenters. The van der Waals surface area contributed by atoms with Gasteiger partial charge in [0.25, 0.3) is 11.8 Å². The average molecular weight is 578 g/mol. The molecule has 7 rings (SSSR count). The summed E-state index contributed by atoms with van der Waals surface area (Å²) < 4.78 is 0. The highest BCUT2D eigenvalue weighted by Gasteiger charge is 2.44. The van der Waals surface area contributed by atoms with Crippen molar-refractivity contribution in [2.24, 2.45) is 22.6 Å². The zero-order chi connectivity index (χ0) is 29.7. The largest absolute Gasteiger partial charge is 0.401 e. The second-order valence-corrected chi connectivity index (χ2v) is 11.7. The second-order valence-electron chi connectivity index (χ2n) is 11.7. The Hall–Kier alpha value is -4.93. The van der Waals surface area contributed by atoms with Gasteiger partial charge in [0.05, 0.1) is 40.1 Å². The standard InChI is InChI=1S/C32H31N7O4/c33-29(18-5-6-18)23(26-16-36-24-3-1-2-4-25(24)37-26)15-35-20-11-17(12-20)14-34-19-7-8-21-22(13-19)32(43)39(31(21)42)27-9-10-28(40)38-30(27)41/h1-4,7-8,13,15-18,20,27,34H,5-6,9-12,14,33H2,(H,38,40,41). The second kappa shape index (κ2) is 10.7. The van der Waals surface area contributed by atoms with Crippen LogP contribution >= 0.6 is 0 Å². The summed E-state index contributed by atoms with van der Waals surface area (Å²) in [6.45, 7) is 0.701. The lowest BCUT2D eigenvalue weighted by Crippen LogP contribution is -2.54. The zero-order valence-corrected chi connectivity index (χ0v) is 23.5. The predicted molar refractivity (Wildman–Crippen MR) is 160 cm³/mol. The maximum atomic E-state index is 13.1. The molecule has 4 aliphatic rings. The van der Waals surface area contributed by atoms with Crippen LogP contribution in [0.3, 0.4) is 0 Å². The first-order valence-corrected chi connectivity index (χ1v) is 14.7. The maximum absolute atomic E-state index is 13.1. The van der Waals surface area contributed by atoms with Crippen molar-refractivity contribution in [2.45, 2.75) is 50.6 Å². The van der Waals surface area contributed by atoms with Crippen LogP contribution in [0.25, 0.3) is 16.6 Å². The quantitative estimate of drug-likeness (QED) is 0.272. The number of benzene rings is 2. The van der Waals surface area contributed by atoms with E-state index >= 15 is 0 Å². The van der Waals surface area contributed by atoms with Gasteiger partial charge in [0, 0.05) is 36.1 Å². The van der Waals surface area contributed by atoms with Crippen molar-refractivity contribution in [1.82, 2.24) is 20.2 Å². The number of fused-ring (bicyclic) bond motifs is 2. The van der Waals surface area contributed by atoms with Gasteiger partial charge in [-0.1, -0.05) is 12.1 Å². The summed E-state index contributed by atoms with van der Waals surface area (Å²) in [5.41, 5.74) is 11.9. The number of nitrogens with zero attached hydrogens (tertiary/aromatic N) is 4. The van der Waals surface area contributed by atoms with Crippen LogP contribution in [0, 0.1) is 11.8 Å². The van der Waals surface area contributed by atoms with E-state index in [2.05, 4.69) is 15.6 Å². The molecule has 0 radical (unpaired) electrons. The lowest BCUT2D eigenvalue weighted by Gasteiger charge is -2.33. The van der Waals surface area contributed by atoms with Gasteiger partial charge in [-0.05, 0) is 74.3 Å². The van der Waals surface area contributed by atoms with Gasteiger partial charge in [0.15, 0.2) is 0 Å². The van der Waals surface area contributed by atoms with E-state index in [-0.39, 0.29) is 30.0 Å². The molecule has 43 heavy (non-hydrogen) atoms. The third kappa shape index (κ3) is 5.15. The fourth-order valence-electron chi connectivity index (χ4n) is 6.00. The number of amides is 4. The molecule has 11 nitrogen and oxygen atoms in total. The normalized spacial score (nSPS) is 24.2. The minimum atomic E-state index is -0.975. The summed E-state index contributed by atoms with van der Waals surface area (Å²) in [5.74, 6) is -1.26. The molecule has 0 bridgehead atoms. The Labute approximate surface area is 247 Å². The summed E-state index contributed by atoms with van der Waals surface area (Å²) in [5, 5.41) is 5.60. The molecule has 1 atom stereocenters. The van der Waals surface area contributed by atoms with Crippen LogP contribution in [0.4, 0.5) is 5.69 Å². The third-order valence-electron chi connectivity index (χ3n) is 8.71. The Bertz CT molecular complexity index is 1740. The number of para-hydroxylation sites is 2. The summed E-state index contributed by atoms with van der Waals surface area (Å²) in [7, 11) is 0. The van der Waals surface area contributed by atoms with Crippen LogP contribution in [0.15, 0.2) is 59.4 Å². The van der Waals surface area contributed by atoms with Crippen LogP contribution in [-0.4, -0.2) is 63.3 Å². The number of nitrogens with one attached hydrogen (secondary N) is 2. The lowest BCUT2D eigenvalue weighted by molar-refractivity contribution is -0.136. The summed E-state index contributed by atoms with van der Waals surface area (Å²) in [4.78, 5) is 65.0. The minimum absolute atomic E-state index is 0.0894. The molecule has 2 aliphatic heterocycles. The number of hydrogen-bond acceptors (Lipinski definition) is 9. The van der Waals surface area contributed by atoms with Gasteiger partial charge < -0.3 is 11.1 Å². The number of anilines is 1. The summed E-state index contributed by atoms with van der Waals surface area (Å²) >= 11 is 0. The monoisotopic (exact) mass is 577 g/mol. The highest BCUT2D eigenvalue weighted by molar-refractivity contribution is 6.23. The molecule has 218 valence electrons. The molecular formula is C32H31N7O4. The van der Waals surface area contributed by atoms with Gasteiger partial charge in [-0.15, -0.1) is 0 Å². The highest BCUT2D eigenvalue weighted by Crippen LogP contribution is 2.37. The van der Waals surface area contributed by atoms with Crippen molar-refractivity contribution in [3.05, 3.63) is 71.2 Å². The predicted octanol–water partition coefficient (Wildman–Crippen LogP) is 3.07. The molecule has 0 spiro atoms. The van der Waals surface area contributed by atoms with E-state index in [0.29, 0.717) is 18.4 Å². The Balaban J connectivity index is 0.970. The van der Waals surface area contributed by atoms with Gasteiger partial charge in [0.2, 0.25) is 11.8 Å². The molecule has 3 aromatic rings. The van der Waals surface area contributed by atoms with Gasteiger partial charge in [-0.25, -0.2) is 4.98 Å². The van der Waals surface area contributed by atoms with Crippen LogP contribution in [0.5, 0.6) is 0 Å². The summed E-state index contributed by atoms with van der Waals surface area (Å²) in [6.07, 6.45) is 7.85. The Morgan fingerprint density at radius 3 is 2.56 bits per heavy atom. The Morgan fingerprint density at radius 2 is 1.79 bits per heavy atom. The fraction of sp³-hybridized carbons (Fsp3) is 0.344. The number of carbonyl (C=O) groups is 4. The van der Waals surface area contributed by atoms with Crippen molar-refractivity contribution in [2.75, 3.05) is 11.9 Å². The van der Waals surface area contributed by atoms with Gasteiger partial charge in [-0.3, -0.25) is 39.4 Å². The van der Waals surface area contributed by atoms with E-state index < -0.39 is 29.7 Å². The average Bonchev–Trinajstić information content (AvgIpc) is 3.81. The molecule has 1 aromatic heterocycles. The zero-order valence-electron chi connectivity index (χ0n) is 23.5. The van der Waals surface area contributed by atoms with Gasteiger partial charge in [0.1, 0.15) is 6.04 Å². The molecule has 1 saturated heterocycles. The van der Waals surface area contributed by atoms with E-state index in [9.17, 15) is 19.2 Å². The van der Waals surface area contributed by atoms with Crippen molar-refractivity contribution in [3.63, 3.8) is 0 Å². The van der Waals surface area contributed by atoms with Gasteiger partial charge in [-0.2, -0.15) is 0 Å². The molecule has 3 heterocycles. The first-order valence-electron chi connectivity index (χ1n) is 14.7. The van der Waals surface area contributed by atoms with Crippen molar-refractivity contribution < 1.29 is 19.2 Å². The number of piperidine rings is 1. The molecule has 11 heteroatoms.